The molecule has 594 valence electrons. The number of benzene rings is 6. The van der Waals surface area contributed by atoms with E-state index in [-0.39, 0.29) is 32.5 Å². The second kappa shape index (κ2) is 29.4. The zero-order chi connectivity index (χ0) is 83.7. The van der Waals surface area contributed by atoms with Gasteiger partial charge in [0.2, 0.25) is 0 Å². The molecule has 8 aromatic heterocycles. The summed E-state index contributed by atoms with van der Waals surface area (Å²) in [7, 11) is 0. The Hall–Kier alpha value is -13.2. The lowest BCUT2D eigenvalue weighted by Gasteiger charge is -2.19. The van der Waals surface area contributed by atoms with Gasteiger partial charge in [0.15, 0.2) is 0 Å². The van der Waals surface area contributed by atoms with Crippen LogP contribution >= 0.6 is 0 Å². The second-order valence-corrected chi connectivity index (χ2v) is 38.8. The minimum Gasteiger partial charge on any atom is -0.354 e. The second-order valence-electron chi connectivity index (χ2n) is 38.8. The quantitative estimate of drug-likeness (QED) is 0.113. The van der Waals surface area contributed by atoms with Crippen LogP contribution in [0.3, 0.4) is 0 Å². The number of nitrogens with zero attached hydrogens (tertiary/aromatic N) is 6. The van der Waals surface area contributed by atoms with Gasteiger partial charge in [-0.1, -0.05) is 270 Å². The Morgan fingerprint density at radius 3 is 0.475 bits per heavy atom. The fraction of sp³-hybridized carbons (Fsp3) is 0.218. The Balaban J connectivity index is 0.866. The van der Waals surface area contributed by atoms with Gasteiger partial charge in [0, 0.05) is 101 Å². The van der Waals surface area contributed by atoms with E-state index in [4.69, 9.17) is 29.9 Å². The Labute approximate surface area is 705 Å². The SMILES string of the molecule is CC(C)(C)c1ccc(-c2c3nc(c(-c4ccc(C(C)(C)C)cc4)c4ccc([nH]4)c(-c4ccnc(-c5cc(-c6c7nc(c(-c8ccc(C(C)(C)C)cc8)c8ccc([nH]8)c(-c8ccc(C(C)(C)C)cc8)c8nc(c(-c9ccc(C(C)(C)C)cc9)c9ccc6[nH]9)C=C8)C=C7)ccn5)c4)c4nc(c(-c5ccc(C(C)(C)C)cc5)c5ccc2[nH]5)C=C4)C=C3)cc1. The summed E-state index contributed by atoms with van der Waals surface area (Å²) in [4.78, 5) is 49.5. The molecule has 120 heavy (non-hydrogen) atoms. The van der Waals surface area contributed by atoms with Crippen molar-refractivity contribution in [2.75, 3.05) is 0 Å². The number of fused-ring (bicyclic) bond motifs is 16. The van der Waals surface area contributed by atoms with Gasteiger partial charge >= 0.3 is 0 Å². The van der Waals surface area contributed by atoms with Gasteiger partial charge in [-0.25, -0.2) is 19.9 Å². The number of H-pyrrole nitrogens is 4. The Bertz CT molecular complexity index is 6390. The van der Waals surface area contributed by atoms with Crippen LogP contribution in [0.5, 0.6) is 0 Å². The van der Waals surface area contributed by atoms with E-state index in [1.54, 1.807) is 0 Å². The molecule has 10 heteroatoms. The van der Waals surface area contributed by atoms with Crippen LogP contribution in [0, 0.1) is 0 Å². The van der Waals surface area contributed by atoms with E-state index in [1.807, 2.05) is 12.4 Å². The van der Waals surface area contributed by atoms with Crippen molar-refractivity contribution in [3.63, 3.8) is 0 Å². The van der Waals surface area contributed by atoms with E-state index in [1.165, 1.54) is 33.4 Å². The van der Waals surface area contributed by atoms with Gasteiger partial charge in [-0.15, -0.1) is 0 Å². The van der Waals surface area contributed by atoms with Crippen molar-refractivity contribution in [2.24, 2.45) is 0 Å². The van der Waals surface area contributed by atoms with E-state index in [0.717, 1.165) is 179 Å². The number of hydrogen-bond acceptors (Lipinski definition) is 6. The molecular formula is C110H104N10. The molecule has 14 aromatic rings. The van der Waals surface area contributed by atoms with Gasteiger partial charge in [-0.05, 0) is 232 Å². The molecule has 10 nitrogen and oxygen atoms in total. The van der Waals surface area contributed by atoms with Gasteiger partial charge in [0.1, 0.15) is 0 Å². The van der Waals surface area contributed by atoms with Gasteiger partial charge in [-0.2, -0.15) is 0 Å². The lowest BCUT2D eigenvalue weighted by molar-refractivity contribution is 0.590. The molecule has 0 amide bonds. The van der Waals surface area contributed by atoms with E-state index < -0.39 is 0 Å². The van der Waals surface area contributed by atoms with Gasteiger partial charge in [0.25, 0.3) is 0 Å². The molecule has 0 atom stereocenters. The first kappa shape index (κ1) is 78.0. The molecule has 0 radical (unpaired) electrons. The van der Waals surface area contributed by atoms with Crippen LogP contribution in [-0.2, 0) is 32.5 Å². The summed E-state index contributed by atoms with van der Waals surface area (Å²) >= 11 is 0. The number of aromatic amines is 4. The average Bonchev–Trinajstić information content (AvgIpc) is 1.61. The first-order chi connectivity index (χ1) is 57.2. The highest BCUT2D eigenvalue weighted by Crippen LogP contribution is 2.45. The largest absolute Gasteiger partial charge is 0.354 e. The maximum Gasteiger partial charge on any atom is 0.0892 e. The molecule has 0 saturated carbocycles. The van der Waals surface area contributed by atoms with Crippen molar-refractivity contribution in [1.82, 2.24) is 49.8 Å². The Morgan fingerprint density at radius 1 is 0.175 bits per heavy atom. The highest BCUT2D eigenvalue weighted by molar-refractivity contribution is 6.03. The topological polar surface area (TPSA) is 140 Å². The van der Waals surface area contributed by atoms with Crippen LogP contribution in [-0.4, -0.2) is 49.8 Å². The first-order valence-electron chi connectivity index (χ1n) is 42.1. The van der Waals surface area contributed by atoms with Crippen LogP contribution in [0.2, 0.25) is 0 Å². The van der Waals surface area contributed by atoms with Gasteiger partial charge < -0.3 is 19.9 Å². The zero-order valence-electron chi connectivity index (χ0n) is 72.2. The maximum absolute atomic E-state index is 5.79. The Kier molecular flexibility index (Phi) is 19.1. The van der Waals surface area contributed by atoms with Crippen LogP contribution in [0.4, 0.5) is 0 Å². The predicted molar refractivity (Wildman–Crippen MR) is 508 cm³/mol. The number of hydrogen-bond donors (Lipinski definition) is 4. The van der Waals surface area contributed by atoms with Crippen molar-refractivity contribution < 1.29 is 0 Å². The Morgan fingerprint density at radius 2 is 0.325 bits per heavy atom. The molecule has 18 rings (SSSR count). The normalized spacial score (nSPS) is 13.1. The molecule has 0 unspecified atom stereocenters. The van der Waals surface area contributed by atoms with Crippen molar-refractivity contribution in [3.8, 4) is 100 Å². The number of pyridine rings is 2. The molecule has 0 saturated heterocycles. The number of nitrogens with one attached hydrogen (secondary N) is 4. The number of aromatic nitrogens is 10. The fourth-order valence-corrected chi connectivity index (χ4v) is 17.1. The first-order valence-corrected chi connectivity index (χ1v) is 42.1. The third-order valence-electron chi connectivity index (χ3n) is 24.1. The zero-order valence-corrected chi connectivity index (χ0v) is 72.2. The lowest BCUT2D eigenvalue weighted by atomic mass is 9.86. The summed E-state index contributed by atoms with van der Waals surface area (Å²) in [5.41, 5.74) is 38.4. The summed E-state index contributed by atoms with van der Waals surface area (Å²) in [6.07, 6.45) is 21.2. The molecule has 12 heterocycles. The average molecular weight is 1570 g/mol. The predicted octanol–water partition coefficient (Wildman–Crippen LogP) is 29.2. The standard InChI is InChI=1S/C110H104N10/c1-105(2,3)73-31-19-65(20-32-73)97-79-43-47-83(113-79)99(67-23-35-75(36-24-67)107(7,8)9)87-51-55-91(117-87)103(92-56-52-88(118-92)100(84-48-44-80(97)114-84)68-25-37-76(38-26-68)108(10,11)12)71-59-61-111-95(63-71)96-64-72(60-62-112-96)104-93-57-53-89(119-93)101(69-27-39-77(40-28-69)109(13,14)15)85-49-45-81(115-85)98(66-21-33-74(34-22-66)106(4,5)6)82-46-50-86(116-82)102(90-54-58-94(104)120-90)70-29-41-78(42-30-70)110(16,17)18/h19-64,113,115,118,120H,1-18H3. The molecule has 4 aliphatic rings. The van der Waals surface area contributed by atoms with Crippen LogP contribution in [0.25, 0.3) is 193 Å². The minimum atomic E-state index is -0.0541. The lowest BCUT2D eigenvalue weighted by Crippen LogP contribution is -2.10. The van der Waals surface area contributed by atoms with Crippen molar-refractivity contribution in [3.05, 3.63) is 310 Å². The van der Waals surface area contributed by atoms with Crippen molar-refractivity contribution in [1.29, 1.82) is 0 Å². The van der Waals surface area contributed by atoms with E-state index in [0.29, 0.717) is 11.4 Å². The third kappa shape index (κ3) is 15.0. The van der Waals surface area contributed by atoms with Crippen molar-refractivity contribution >= 4 is 92.7 Å². The summed E-state index contributed by atoms with van der Waals surface area (Å²) in [6, 6.07) is 80.3. The summed E-state index contributed by atoms with van der Waals surface area (Å²) in [5, 5.41) is 0. The monoisotopic (exact) mass is 1560 g/mol. The van der Waals surface area contributed by atoms with Gasteiger partial charge in [-0.3, -0.25) is 9.97 Å². The summed E-state index contributed by atoms with van der Waals surface area (Å²) in [6.45, 7) is 40.7. The van der Waals surface area contributed by atoms with Crippen molar-refractivity contribution in [2.45, 2.75) is 157 Å². The van der Waals surface area contributed by atoms with Crippen LogP contribution < -0.4 is 0 Å². The van der Waals surface area contributed by atoms with Gasteiger partial charge in [0.05, 0.1) is 56.9 Å². The van der Waals surface area contributed by atoms with E-state index >= 15 is 0 Å². The number of rotatable bonds is 9. The smallest absolute Gasteiger partial charge is 0.0892 e. The third-order valence-corrected chi connectivity index (χ3v) is 24.1. The summed E-state index contributed by atoms with van der Waals surface area (Å²) < 4.78 is 0. The molecule has 4 N–H and O–H groups in total. The molecule has 16 bridgehead atoms. The molecule has 0 spiro atoms. The molecule has 0 aliphatic carbocycles. The van der Waals surface area contributed by atoms with E-state index in [2.05, 4.69) is 412 Å². The van der Waals surface area contributed by atoms with Crippen LogP contribution in [0.1, 0.15) is 204 Å². The maximum atomic E-state index is 5.79. The highest BCUT2D eigenvalue weighted by atomic mass is 14.8. The molecule has 0 fully saturated rings. The minimum absolute atomic E-state index is 0.0291. The molecule has 6 aromatic carbocycles. The fourth-order valence-electron chi connectivity index (χ4n) is 17.1. The molecular weight excluding hydrogens is 1460 g/mol. The van der Waals surface area contributed by atoms with E-state index in [9.17, 15) is 0 Å². The molecule has 4 aliphatic heterocycles. The summed E-state index contributed by atoms with van der Waals surface area (Å²) in [5.74, 6) is 0. The van der Waals surface area contributed by atoms with Crippen LogP contribution in [0.15, 0.2) is 231 Å². The highest BCUT2D eigenvalue weighted by Gasteiger charge is 2.27.